The third-order valence-electron chi connectivity index (χ3n) is 4.95. The van der Waals surface area contributed by atoms with Gasteiger partial charge in [-0.2, -0.15) is 0 Å². The maximum absolute atomic E-state index is 5.42. The van der Waals surface area contributed by atoms with Gasteiger partial charge in [-0.15, -0.1) is 0 Å². The van der Waals surface area contributed by atoms with Crippen LogP contribution in [0.25, 0.3) is 0 Å². The zero-order valence-electron chi connectivity index (χ0n) is 17.0. The molecule has 1 aliphatic rings. The van der Waals surface area contributed by atoms with E-state index in [1.165, 1.54) is 16.7 Å². The Labute approximate surface area is 168 Å². The van der Waals surface area contributed by atoms with Crippen LogP contribution in [0.1, 0.15) is 36.6 Å². The summed E-state index contributed by atoms with van der Waals surface area (Å²) in [5.41, 5.74) is 3.81. The molecule has 150 valence electrons. The Morgan fingerprint density at radius 1 is 1.04 bits per heavy atom. The molecule has 0 aliphatic carbocycles. The van der Waals surface area contributed by atoms with Crippen molar-refractivity contribution < 1.29 is 4.74 Å². The molecule has 5 heteroatoms. The van der Waals surface area contributed by atoms with Crippen molar-refractivity contribution in [3.05, 3.63) is 71.3 Å². The lowest BCUT2D eigenvalue weighted by molar-refractivity contribution is 0.0342. The van der Waals surface area contributed by atoms with E-state index in [4.69, 9.17) is 9.73 Å². The molecule has 1 atom stereocenters. The molecule has 0 aromatic heterocycles. The molecule has 1 heterocycles. The van der Waals surface area contributed by atoms with Crippen LogP contribution in [0.2, 0.25) is 0 Å². The molecule has 1 aliphatic heterocycles. The van der Waals surface area contributed by atoms with E-state index in [0.717, 1.165) is 45.4 Å². The van der Waals surface area contributed by atoms with Gasteiger partial charge in [0.2, 0.25) is 0 Å². The SMILES string of the molecule is CCNC(=NCc1ccc(CN2CCOCC2)cc1)NC(C)c1ccccc1. The zero-order chi connectivity index (χ0) is 19.6. The van der Waals surface area contributed by atoms with Crippen LogP contribution >= 0.6 is 0 Å². The normalized spacial score (nSPS) is 16.6. The van der Waals surface area contributed by atoms with Crippen LogP contribution in [0.3, 0.4) is 0 Å². The van der Waals surface area contributed by atoms with Gasteiger partial charge in [-0.3, -0.25) is 4.90 Å². The van der Waals surface area contributed by atoms with Crippen LogP contribution in [0.4, 0.5) is 0 Å². The van der Waals surface area contributed by atoms with Gasteiger partial charge in [0.15, 0.2) is 5.96 Å². The fourth-order valence-electron chi connectivity index (χ4n) is 3.29. The van der Waals surface area contributed by atoms with Crippen LogP contribution in [0.15, 0.2) is 59.6 Å². The average molecular weight is 381 g/mol. The first kappa shape index (κ1) is 20.4. The first-order chi connectivity index (χ1) is 13.7. The van der Waals surface area contributed by atoms with E-state index < -0.39 is 0 Å². The van der Waals surface area contributed by atoms with Crippen molar-refractivity contribution in [2.24, 2.45) is 4.99 Å². The lowest BCUT2D eigenvalue weighted by atomic mass is 10.1. The van der Waals surface area contributed by atoms with E-state index in [1.54, 1.807) is 0 Å². The number of hydrogen-bond acceptors (Lipinski definition) is 3. The molecule has 0 spiro atoms. The molecule has 0 bridgehead atoms. The molecule has 0 radical (unpaired) electrons. The Morgan fingerprint density at radius 3 is 2.39 bits per heavy atom. The summed E-state index contributed by atoms with van der Waals surface area (Å²) < 4.78 is 5.42. The molecule has 1 saturated heterocycles. The predicted octanol–water partition coefficient (Wildman–Crippen LogP) is 3.34. The Hall–Kier alpha value is -2.37. The van der Waals surface area contributed by atoms with Gasteiger partial charge in [0.05, 0.1) is 25.8 Å². The van der Waals surface area contributed by atoms with Crippen molar-refractivity contribution in [2.45, 2.75) is 33.0 Å². The fraction of sp³-hybridized carbons (Fsp3) is 0.435. The Balaban J connectivity index is 1.56. The molecule has 28 heavy (non-hydrogen) atoms. The maximum Gasteiger partial charge on any atom is 0.192 e. The quantitative estimate of drug-likeness (QED) is 0.571. The van der Waals surface area contributed by atoms with E-state index in [2.05, 4.69) is 77.9 Å². The minimum atomic E-state index is 0.204. The summed E-state index contributed by atoms with van der Waals surface area (Å²) in [5, 5.41) is 6.83. The second kappa shape index (κ2) is 10.8. The summed E-state index contributed by atoms with van der Waals surface area (Å²) >= 11 is 0. The van der Waals surface area contributed by atoms with Crippen molar-refractivity contribution in [3.8, 4) is 0 Å². The smallest absolute Gasteiger partial charge is 0.192 e. The molecular formula is C23H32N4O. The van der Waals surface area contributed by atoms with Crippen LogP contribution < -0.4 is 10.6 Å². The highest BCUT2D eigenvalue weighted by Gasteiger charge is 2.10. The third kappa shape index (κ3) is 6.36. The summed E-state index contributed by atoms with van der Waals surface area (Å²) in [5.74, 6) is 0.844. The first-order valence-corrected chi connectivity index (χ1v) is 10.2. The number of aliphatic imine (C=N–C) groups is 1. The van der Waals surface area contributed by atoms with Crippen molar-refractivity contribution in [3.63, 3.8) is 0 Å². The van der Waals surface area contributed by atoms with Gasteiger partial charge in [-0.05, 0) is 30.5 Å². The molecule has 1 fully saturated rings. The van der Waals surface area contributed by atoms with Gasteiger partial charge < -0.3 is 15.4 Å². The van der Waals surface area contributed by atoms with Gasteiger partial charge in [0, 0.05) is 26.2 Å². The van der Waals surface area contributed by atoms with Crippen molar-refractivity contribution in [2.75, 3.05) is 32.8 Å². The lowest BCUT2D eigenvalue weighted by Crippen LogP contribution is -2.38. The number of nitrogens with zero attached hydrogens (tertiary/aromatic N) is 2. The second-order valence-electron chi connectivity index (χ2n) is 7.18. The molecule has 2 N–H and O–H groups in total. The molecular weight excluding hydrogens is 348 g/mol. The topological polar surface area (TPSA) is 48.9 Å². The van der Waals surface area contributed by atoms with Crippen LogP contribution in [-0.2, 0) is 17.8 Å². The Morgan fingerprint density at radius 2 is 1.71 bits per heavy atom. The van der Waals surface area contributed by atoms with Gasteiger partial charge in [0.25, 0.3) is 0 Å². The highest BCUT2D eigenvalue weighted by Crippen LogP contribution is 2.12. The number of guanidine groups is 1. The van der Waals surface area contributed by atoms with E-state index in [0.29, 0.717) is 6.54 Å². The van der Waals surface area contributed by atoms with Gasteiger partial charge >= 0.3 is 0 Å². The zero-order valence-corrected chi connectivity index (χ0v) is 17.0. The van der Waals surface area contributed by atoms with Crippen LogP contribution in [0, 0.1) is 0 Å². The van der Waals surface area contributed by atoms with E-state index in [1.807, 2.05) is 6.07 Å². The van der Waals surface area contributed by atoms with Gasteiger partial charge in [-0.25, -0.2) is 4.99 Å². The fourth-order valence-corrected chi connectivity index (χ4v) is 3.29. The number of nitrogens with one attached hydrogen (secondary N) is 2. The monoisotopic (exact) mass is 380 g/mol. The molecule has 3 rings (SSSR count). The maximum atomic E-state index is 5.42. The standard InChI is InChI=1S/C23H32N4O/c1-3-24-23(26-19(2)22-7-5-4-6-8-22)25-17-20-9-11-21(12-10-20)18-27-13-15-28-16-14-27/h4-12,19H,3,13-18H2,1-2H3,(H2,24,25,26). The van der Waals surface area contributed by atoms with Crippen molar-refractivity contribution in [1.82, 2.24) is 15.5 Å². The van der Waals surface area contributed by atoms with Crippen LogP contribution in [0.5, 0.6) is 0 Å². The largest absolute Gasteiger partial charge is 0.379 e. The second-order valence-corrected chi connectivity index (χ2v) is 7.18. The number of hydrogen-bond donors (Lipinski definition) is 2. The Bertz CT molecular complexity index is 724. The van der Waals surface area contributed by atoms with E-state index in [-0.39, 0.29) is 6.04 Å². The van der Waals surface area contributed by atoms with Gasteiger partial charge in [0.1, 0.15) is 0 Å². The molecule has 0 amide bonds. The summed E-state index contributed by atoms with van der Waals surface area (Å²) in [7, 11) is 0. The van der Waals surface area contributed by atoms with Crippen molar-refractivity contribution >= 4 is 5.96 Å². The highest BCUT2D eigenvalue weighted by molar-refractivity contribution is 5.80. The minimum absolute atomic E-state index is 0.204. The molecule has 2 aromatic rings. The van der Waals surface area contributed by atoms with Gasteiger partial charge in [-0.1, -0.05) is 54.6 Å². The molecule has 1 unspecified atom stereocenters. The molecule has 2 aromatic carbocycles. The minimum Gasteiger partial charge on any atom is -0.379 e. The number of ether oxygens (including phenoxy) is 1. The van der Waals surface area contributed by atoms with Crippen LogP contribution in [-0.4, -0.2) is 43.7 Å². The van der Waals surface area contributed by atoms with Crippen molar-refractivity contribution in [1.29, 1.82) is 0 Å². The third-order valence-corrected chi connectivity index (χ3v) is 4.95. The molecule has 0 saturated carbocycles. The number of rotatable bonds is 7. The first-order valence-electron chi connectivity index (χ1n) is 10.2. The number of benzene rings is 2. The number of morpholine rings is 1. The van der Waals surface area contributed by atoms with E-state index >= 15 is 0 Å². The Kier molecular flexibility index (Phi) is 7.88. The van der Waals surface area contributed by atoms with E-state index in [9.17, 15) is 0 Å². The summed E-state index contributed by atoms with van der Waals surface area (Å²) in [6, 6.07) is 19.4. The summed E-state index contributed by atoms with van der Waals surface area (Å²) in [6.45, 7) is 10.5. The summed E-state index contributed by atoms with van der Waals surface area (Å²) in [6.07, 6.45) is 0. The summed E-state index contributed by atoms with van der Waals surface area (Å²) in [4.78, 5) is 7.20. The average Bonchev–Trinajstić information content (AvgIpc) is 2.74. The predicted molar refractivity (Wildman–Crippen MR) is 115 cm³/mol. The molecule has 5 nitrogen and oxygen atoms in total. The highest BCUT2D eigenvalue weighted by atomic mass is 16.5. The lowest BCUT2D eigenvalue weighted by Gasteiger charge is -2.26.